The lowest BCUT2D eigenvalue weighted by atomic mass is 9.79. The molecule has 0 amide bonds. The SMILES string of the molecule is Cc1cc2c3c(c(C4CCC(C)CC4)nc2cc1OCCCN1CCCC1)CCC3. The van der Waals surface area contributed by atoms with Gasteiger partial charge in [-0.1, -0.05) is 19.8 Å². The van der Waals surface area contributed by atoms with E-state index in [1.807, 2.05) is 0 Å². The molecule has 0 bridgehead atoms. The van der Waals surface area contributed by atoms with Gasteiger partial charge in [-0.15, -0.1) is 0 Å². The summed E-state index contributed by atoms with van der Waals surface area (Å²) in [7, 11) is 0. The molecule has 1 aromatic carbocycles. The van der Waals surface area contributed by atoms with Gasteiger partial charge in [0.15, 0.2) is 0 Å². The molecular weight excluding hydrogens is 368 g/mol. The van der Waals surface area contributed by atoms with Crippen LogP contribution in [0.15, 0.2) is 12.1 Å². The molecule has 5 rings (SSSR count). The summed E-state index contributed by atoms with van der Waals surface area (Å²) in [6.45, 7) is 9.13. The molecule has 1 saturated carbocycles. The molecular formula is C27H38N2O. The predicted molar refractivity (Wildman–Crippen MR) is 125 cm³/mol. The van der Waals surface area contributed by atoms with E-state index >= 15 is 0 Å². The first-order valence-corrected chi connectivity index (χ1v) is 12.5. The highest BCUT2D eigenvalue weighted by Crippen LogP contribution is 2.41. The number of hydrogen-bond donors (Lipinski definition) is 0. The molecule has 162 valence electrons. The fraction of sp³-hybridized carbons (Fsp3) is 0.667. The van der Waals surface area contributed by atoms with Gasteiger partial charge >= 0.3 is 0 Å². The molecule has 3 heteroatoms. The Kier molecular flexibility index (Phi) is 6.00. The van der Waals surface area contributed by atoms with E-state index in [2.05, 4.69) is 30.9 Å². The van der Waals surface area contributed by atoms with Crippen molar-refractivity contribution in [3.05, 3.63) is 34.5 Å². The zero-order chi connectivity index (χ0) is 20.5. The van der Waals surface area contributed by atoms with Crippen LogP contribution < -0.4 is 4.74 Å². The summed E-state index contributed by atoms with van der Waals surface area (Å²) in [4.78, 5) is 7.87. The zero-order valence-corrected chi connectivity index (χ0v) is 19.0. The second kappa shape index (κ2) is 8.86. The molecule has 30 heavy (non-hydrogen) atoms. The van der Waals surface area contributed by atoms with E-state index in [1.165, 1.54) is 99.6 Å². The Labute approximate surface area is 182 Å². The third kappa shape index (κ3) is 4.10. The van der Waals surface area contributed by atoms with Crippen LogP contribution in [0.25, 0.3) is 10.9 Å². The van der Waals surface area contributed by atoms with Crippen molar-refractivity contribution in [3.63, 3.8) is 0 Å². The summed E-state index contributed by atoms with van der Waals surface area (Å²) in [5.41, 5.74) is 7.06. The first kappa shape index (κ1) is 20.3. The molecule has 0 radical (unpaired) electrons. The molecule has 2 aliphatic carbocycles. The summed E-state index contributed by atoms with van der Waals surface area (Å²) in [6.07, 6.45) is 12.9. The van der Waals surface area contributed by atoms with Gasteiger partial charge in [-0.25, -0.2) is 0 Å². The Morgan fingerprint density at radius 1 is 1.00 bits per heavy atom. The minimum absolute atomic E-state index is 0.670. The van der Waals surface area contributed by atoms with Crippen LogP contribution in [0.4, 0.5) is 0 Å². The van der Waals surface area contributed by atoms with Gasteiger partial charge in [0, 0.05) is 29.6 Å². The average molecular weight is 407 g/mol. The fourth-order valence-electron chi connectivity index (χ4n) is 6.04. The maximum atomic E-state index is 6.26. The third-order valence-electron chi connectivity index (χ3n) is 7.86. The van der Waals surface area contributed by atoms with Gasteiger partial charge in [-0.05, 0) is 100 Å². The highest BCUT2D eigenvalue weighted by Gasteiger charge is 2.28. The predicted octanol–water partition coefficient (Wildman–Crippen LogP) is 6.19. The maximum absolute atomic E-state index is 6.26. The van der Waals surface area contributed by atoms with E-state index in [4.69, 9.17) is 9.72 Å². The van der Waals surface area contributed by atoms with Crippen molar-refractivity contribution < 1.29 is 4.74 Å². The van der Waals surface area contributed by atoms with E-state index < -0.39 is 0 Å². The largest absolute Gasteiger partial charge is 0.493 e. The highest BCUT2D eigenvalue weighted by molar-refractivity contribution is 5.86. The first-order valence-electron chi connectivity index (χ1n) is 12.5. The van der Waals surface area contributed by atoms with Crippen molar-refractivity contribution in [1.82, 2.24) is 9.88 Å². The van der Waals surface area contributed by atoms with Crippen LogP contribution in [0.2, 0.25) is 0 Å². The Morgan fingerprint density at radius 2 is 1.77 bits per heavy atom. The second-order valence-corrected chi connectivity index (χ2v) is 10.2. The molecule has 1 saturated heterocycles. The summed E-state index contributed by atoms with van der Waals surface area (Å²) in [5.74, 6) is 2.60. The van der Waals surface area contributed by atoms with Crippen LogP contribution in [-0.2, 0) is 12.8 Å². The number of aromatic nitrogens is 1. The maximum Gasteiger partial charge on any atom is 0.124 e. The van der Waals surface area contributed by atoms with Gasteiger partial charge in [-0.2, -0.15) is 0 Å². The minimum atomic E-state index is 0.670. The second-order valence-electron chi connectivity index (χ2n) is 10.2. The van der Waals surface area contributed by atoms with Crippen molar-refractivity contribution in [3.8, 4) is 5.75 Å². The number of rotatable bonds is 6. The van der Waals surface area contributed by atoms with Crippen LogP contribution in [0.5, 0.6) is 5.75 Å². The lowest BCUT2D eigenvalue weighted by Crippen LogP contribution is -2.22. The lowest BCUT2D eigenvalue weighted by molar-refractivity contribution is 0.262. The molecule has 2 aromatic rings. The Hall–Kier alpha value is -1.61. The van der Waals surface area contributed by atoms with Crippen LogP contribution in [0, 0.1) is 12.8 Å². The molecule has 3 nitrogen and oxygen atoms in total. The molecule has 0 unspecified atom stereocenters. The van der Waals surface area contributed by atoms with Gasteiger partial charge in [0.2, 0.25) is 0 Å². The van der Waals surface area contributed by atoms with E-state index in [9.17, 15) is 0 Å². The third-order valence-corrected chi connectivity index (χ3v) is 7.86. The fourth-order valence-corrected chi connectivity index (χ4v) is 6.04. The van der Waals surface area contributed by atoms with Crippen molar-refractivity contribution >= 4 is 10.9 Å². The molecule has 0 N–H and O–H groups in total. The summed E-state index contributed by atoms with van der Waals surface area (Å²) < 4.78 is 6.26. The Balaban J connectivity index is 1.37. The number of nitrogens with zero attached hydrogens (tertiary/aromatic N) is 2. The quantitative estimate of drug-likeness (QED) is 0.535. The van der Waals surface area contributed by atoms with Gasteiger partial charge in [0.1, 0.15) is 5.75 Å². The van der Waals surface area contributed by atoms with Crippen molar-refractivity contribution in [2.45, 2.75) is 84.0 Å². The topological polar surface area (TPSA) is 25.4 Å². The molecule has 2 heterocycles. The summed E-state index contributed by atoms with van der Waals surface area (Å²) in [6, 6.07) is 4.60. The number of pyridine rings is 1. The van der Waals surface area contributed by atoms with Crippen LogP contribution >= 0.6 is 0 Å². The van der Waals surface area contributed by atoms with Crippen LogP contribution in [0.1, 0.15) is 86.6 Å². The number of likely N-dealkylation sites (tertiary alicyclic amines) is 1. The van der Waals surface area contributed by atoms with E-state index in [-0.39, 0.29) is 0 Å². The lowest BCUT2D eigenvalue weighted by Gasteiger charge is -2.27. The number of ether oxygens (including phenoxy) is 1. The van der Waals surface area contributed by atoms with Crippen molar-refractivity contribution in [2.24, 2.45) is 5.92 Å². The van der Waals surface area contributed by atoms with Crippen LogP contribution in [0.3, 0.4) is 0 Å². The van der Waals surface area contributed by atoms with Crippen LogP contribution in [-0.4, -0.2) is 36.1 Å². The summed E-state index contributed by atoms with van der Waals surface area (Å²) >= 11 is 0. The number of fused-ring (bicyclic) bond motifs is 3. The van der Waals surface area contributed by atoms with Crippen molar-refractivity contribution in [2.75, 3.05) is 26.2 Å². The Bertz CT molecular complexity index is 892. The molecule has 1 aliphatic heterocycles. The highest BCUT2D eigenvalue weighted by atomic mass is 16.5. The van der Waals surface area contributed by atoms with Crippen molar-refractivity contribution in [1.29, 1.82) is 0 Å². The van der Waals surface area contributed by atoms with Gasteiger partial charge in [0.05, 0.1) is 12.1 Å². The van der Waals surface area contributed by atoms with E-state index in [0.717, 1.165) is 24.7 Å². The normalized spacial score (nSPS) is 24.5. The van der Waals surface area contributed by atoms with E-state index in [1.54, 1.807) is 11.1 Å². The smallest absolute Gasteiger partial charge is 0.124 e. The number of aryl methyl sites for hydroxylation is 2. The standard InChI is InChI=1S/C27H38N2O/c1-19-9-11-21(12-10-19)27-23-8-5-7-22(23)24-17-20(2)26(18-25(24)28-27)30-16-6-15-29-13-3-4-14-29/h17-19,21H,3-16H2,1-2H3. The Morgan fingerprint density at radius 3 is 2.57 bits per heavy atom. The molecule has 1 aromatic heterocycles. The molecule has 0 spiro atoms. The molecule has 3 aliphatic rings. The van der Waals surface area contributed by atoms with Gasteiger partial charge in [-0.3, -0.25) is 4.98 Å². The zero-order valence-electron chi connectivity index (χ0n) is 19.0. The number of benzene rings is 1. The van der Waals surface area contributed by atoms with Gasteiger partial charge < -0.3 is 9.64 Å². The molecule has 0 atom stereocenters. The number of hydrogen-bond acceptors (Lipinski definition) is 3. The monoisotopic (exact) mass is 406 g/mol. The first-order chi connectivity index (χ1) is 14.7. The molecule has 2 fully saturated rings. The van der Waals surface area contributed by atoms with E-state index in [0.29, 0.717) is 5.92 Å². The minimum Gasteiger partial charge on any atom is -0.493 e. The van der Waals surface area contributed by atoms with Gasteiger partial charge in [0.25, 0.3) is 0 Å². The average Bonchev–Trinajstić information content (AvgIpc) is 3.44. The summed E-state index contributed by atoms with van der Waals surface area (Å²) in [5, 5.41) is 1.39.